The largest absolute Gasteiger partial charge is 0.343 e. The van der Waals surface area contributed by atoms with Gasteiger partial charge in [-0.25, -0.2) is 9.97 Å². The van der Waals surface area contributed by atoms with Crippen molar-refractivity contribution in [2.45, 2.75) is 44.2 Å². The Labute approximate surface area is 221 Å². The average Bonchev–Trinajstić information content (AvgIpc) is 3.71. The van der Waals surface area contributed by atoms with Gasteiger partial charge < -0.3 is 25.0 Å². The van der Waals surface area contributed by atoms with Gasteiger partial charge in [0.25, 0.3) is 11.8 Å². The molecule has 4 fully saturated rings. The molecule has 0 spiro atoms. The van der Waals surface area contributed by atoms with Crippen LogP contribution in [0.15, 0.2) is 30.6 Å². The third-order valence-corrected chi connectivity index (χ3v) is 9.00. The number of anilines is 2. The fourth-order valence-electron chi connectivity index (χ4n) is 7.22. The molecule has 2 aliphatic heterocycles. The molecule has 5 atom stereocenters. The zero-order valence-electron chi connectivity index (χ0n) is 21.9. The number of nitrogens with one attached hydrogen (secondary N) is 2. The summed E-state index contributed by atoms with van der Waals surface area (Å²) in [5, 5.41) is 7.56. The summed E-state index contributed by atoms with van der Waals surface area (Å²) in [6.45, 7) is 2.55. The molecule has 2 aliphatic carbocycles. The van der Waals surface area contributed by atoms with Crippen LogP contribution in [-0.2, 0) is 0 Å². The second-order valence-corrected chi connectivity index (χ2v) is 11.8. The van der Waals surface area contributed by atoms with E-state index in [9.17, 15) is 9.59 Å². The highest BCUT2D eigenvalue weighted by atomic mass is 16.2. The Morgan fingerprint density at radius 1 is 1.05 bits per heavy atom. The Hall–Kier alpha value is -3.53. The van der Waals surface area contributed by atoms with E-state index in [1.54, 1.807) is 37.5 Å². The quantitative estimate of drug-likeness (QED) is 0.539. The normalized spacial score (nSPS) is 27.7. The van der Waals surface area contributed by atoms with Crippen molar-refractivity contribution in [1.29, 1.82) is 0 Å². The lowest BCUT2D eigenvalue weighted by molar-refractivity contribution is 0.0691. The standard InChI is InChI=1S/C28H34N8O2/c1-34(2)27(38)23-10-20-13-31-28(33-25(20)36(23)22-9-16-3-4-18(22)7-16)32-24-6-5-19(12-30-24)26(37)35-14-17-8-21(15-35)29-11-17/h5-6,10,12-13,16-18,21-22,29H,3-4,7-9,11,14-15H2,1-2H3,(H,30,31,32,33)/t16-,17?,18+,21?,22+/m0/s1. The van der Waals surface area contributed by atoms with Crippen LogP contribution in [0.4, 0.5) is 11.8 Å². The first kappa shape index (κ1) is 23.6. The highest BCUT2D eigenvalue weighted by Crippen LogP contribution is 2.52. The van der Waals surface area contributed by atoms with E-state index in [1.807, 2.05) is 17.0 Å². The molecular weight excluding hydrogens is 480 g/mol. The number of nitrogens with zero attached hydrogens (tertiary/aromatic N) is 6. The first-order valence-electron chi connectivity index (χ1n) is 13.8. The van der Waals surface area contributed by atoms with Crippen molar-refractivity contribution in [2.75, 3.05) is 39.0 Å². The zero-order chi connectivity index (χ0) is 26.0. The van der Waals surface area contributed by atoms with E-state index >= 15 is 0 Å². The number of hydrogen-bond acceptors (Lipinski definition) is 7. The number of carbonyl (C=O) groups is 2. The number of aromatic nitrogens is 4. The summed E-state index contributed by atoms with van der Waals surface area (Å²) in [5.74, 6) is 2.89. The summed E-state index contributed by atoms with van der Waals surface area (Å²) >= 11 is 0. The smallest absolute Gasteiger partial charge is 0.270 e. The molecule has 2 amide bonds. The van der Waals surface area contributed by atoms with E-state index in [4.69, 9.17) is 4.98 Å². The summed E-state index contributed by atoms with van der Waals surface area (Å²) in [6.07, 6.45) is 9.40. The first-order chi connectivity index (χ1) is 18.4. The molecule has 2 unspecified atom stereocenters. The molecule has 3 aromatic rings. The van der Waals surface area contributed by atoms with E-state index in [0.29, 0.717) is 40.9 Å². The number of piperidine rings is 1. The topological polar surface area (TPSA) is 108 Å². The summed E-state index contributed by atoms with van der Waals surface area (Å²) in [5.41, 5.74) is 2.05. The molecule has 3 aromatic heterocycles. The highest BCUT2D eigenvalue weighted by molar-refractivity contribution is 5.98. The third-order valence-electron chi connectivity index (χ3n) is 9.00. The van der Waals surface area contributed by atoms with Gasteiger partial charge in [0.05, 0.1) is 5.56 Å². The molecule has 4 aliphatic rings. The lowest BCUT2D eigenvalue weighted by atomic mass is 9.95. The number of hydrogen-bond donors (Lipinski definition) is 2. The van der Waals surface area contributed by atoms with Gasteiger partial charge in [-0.15, -0.1) is 0 Å². The van der Waals surface area contributed by atoms with Crippen molar-refractivity contribution in [3.63, 3.8) is 0 Å². The lowest BCUT2D eigenvalue weighted by Crippen LogP contribution is -2.44. The minimum atomic E-state index is -0.0142. The van der Waals surface area contributed by atoms with Crippen LogP contribution in [0.5, 0.6) is 0 Å². The highest BCUT2D eigenvalue weighted by Gasteiger charge is 2.42. The van der Waals surface area contributed by atoms with Crippen molar-refractivity contribution < 1.29 is 9.59 Å². The van der Waals surface area contributed by atoms with Crippen LogP contribution in [0.3, 0.4) is 0 Å². The fourth-order valence-corrected chi connectivity index (χ4v) is 7.22. The van der Waals surface area contributed by atoms with E-state index in [0.717, 1.165) is 49.4 Å². The Morgan fingerprint density at radius 2 is 1.95 bits per heavy atom. The van der Waals surface area contributed by atoms with Gasteiger partial charge in [0.2, 0.25) is 5.95 Å². The number of rotatable bonds is 5. The second kappa shape index (κ2) is 9.04. The molecule has 0 aromatic carbocycles. The Kier molecular flexibility index (Phi) is 5.61. The van der Waals surface area contributed by atoms with Gasteiger partial charge in [-0.05, 0) is 61.6 Å². The van der Waals surface area contributed by atoms with Crippen LogP contribution < -0.4 is 10.6 Å². The second-order valence-electron chi connectivity index (χ2n) is 11.8. The van der Waals surface area contributed by atoms with Gasteiger partial charge in [0, 0.05) is 63.6 Å². The molecule has 38 heavy (non-hydrogen) atoms. The fraction of sp³-hybridized carbons (Fsp3) is 0.536. The summed E-state index contributed by atoms with van der Waals surface area (Å²) in [6, 6.07) is 6.23. The maximum absolute atomic E-state index is 13.1. The molecule has 7 rings (SSSR count). The number of pyridine rings is 1. The van der Waals surface area contributed by atoms with Crippen LogP contribution in [0, 0.1) is 17.8 Å². The van der Waals surface area contributed by atoms with Crippen molar-refractivity contribution >= 4 is 34.6 Å². The maximum atomic E-state index is 13.1. The molecular formula is C28H34N8O2. The van der Waals surface area contributed by atoms with Gasteiger partial charge in [0.1, 0.15) is 17.2 Å². The molecule has 5 heterocycles. The third kappa shape index (κ3) is 4.02. The zero-order valence-corrected chi connectivity index (χ0v) is 21.9. The monoisotopic (exact) mass is 514 g/mol. The van der Waals surface area contributed by atoms with Crippen molar-refractivity contribution in [3.8, 4) is 0 Å². The van der Waals surface area contributed by atoms with Gasteiger partial charge >= 0.3 is 0 Å². The maximum Gasteiger partial charge on any atom is 0.270 e. The van der Waals surface area contributed by atoms with Crippen molar-refractivity contribution in [1.82, 2.24) is 34.6 Å². The van der Waals surface area contributed by atoms with Crippen LogP contribution in [0.2, 0.25) is 0 Å². The predicted molar refractivity (Wildman–Crippen MR) is 143 cm³/mol. The van der Waals surface area contributed by atoms with Crippen molar-refractivity contribution in [2.24, 2.45) is 17.8 Å². The number of carbonyl (C=O) groups excluding carboxylic acids is 2. The Morgan fingerprint density at radius 3 is 2.66 bits per heavy atom. The molecule has 2 saturated heterocycles. The van der Waals surface area contributed by atoms with Crippen LogP contribution in [-0.4, -0.2) is 80.9 Å². The predicted octanol–water partition coefficient (Wildman–Crippen LogP) is 3.07. The van der Waals surface area contributed by atoms with Crippen molar-refractivity contribution in [3.05, 3.63) is 41.9 Å². The van der Waals surface area contributed by atoms with Gasteiger partial charge in [-0.1, -0.05) is 6.42 Å². The lowest BCUT2D eigenvalue weighted by Gasteiger charge is -2.31. The molecule has 4 bridgehead atoms. The molecule has 2 N–H and O–H groups in total. The molecule has 10 nitrogen and oxygen atoms in total. The summed E-state index contributed by atoms with van der Waals surface area (Å²) in [7, 11) is 3.58. The number of amides is 2. The number of fused-ring (bicyclic) bond motifs is 5. The molecule has 0 radical (unpaired) electrons. The SMILES string of the molecule is CN(C)C(=O)c1cc2cnc(Nc3ccc(C(=O)N4CC5CNC(C5)C4)cn3)nc2n1[C@@H]1C[C@H]2CC[C@@H]1C2. The first-order valence-corrected chi connectivity index (χ1v) is 13.8. The Bertz CT molecular complexity index is 1390. The van der Waals surface area contributed by atoms with Gasteiger partial charge in [0.15, 0.2) is 0 Å². The van der Waals surface area contributed by atoms with E-state index < -0.39 is 0 Å². The minimum Gasteiger partial charge on any atom is -0.343 e. The average molecular weight is 515 g/mol. The van der Waals surface area contributed by atoms with Crippen LogP contribution in [0.25, 0.3) is 11.0 Å². The van der Waals surface area contributed by atoms with Crippen LogP contribution in [0.1, 0.15) is 59.0 Å². The molecule has 198 valence electrons. The van der Waals surface area contributed by atoms with E-state index in [-0.39, 0.29) is 17.9 Å². The summed E-state index contributed by atoms with van der Waals surface area (Å²) in [4.78, 5) is 43.6. The van der Waals surface area contributed by atoms with Gasteiger partial charge in [-0.2, -0.15) is 4.98 Å². The minimum absolute atomic E-state index is 0.0142. The number of likely N-dealkylation sites (tertiary alicyclic amines) is 1. The van der Waals surface area contributed by atoms with Crippen LogP contribution >= 0.6 is 0 Å². The van der Waals surface area contributed by atoms with Gasteiger partial charge in [-0.3, -0.25) is 9.59 Å². The molecule has 2 saturated carbocycles. The van der Waals surface area contributed by atoms with E-state index in [2.05, 4.69) is 25.2 Å². The van der Waals surface area contributed by atoms with E-state index in [1.165, 1.54) is 19.3 Å². The molecule has 10 heteroatoms. The summed E-state index contributed by atoms with van der Waals surface area (Å²) < 4.78 is 2.17. The Balaban J connectivity index is 1.14.